The summed E-state index contributed by atoms with van der Waals surface area (Å²) in [6.07, 6.45) is 2.90. The summed E-state index contributed by atoms with van der Waals surface area (Å²) in [5.74, 6) is -0.150. The number of halogens is 3. The predicted molar refractivity (Wildman–Crippen MR) is 141 cm³/mol. The Bertz CT molecular complexity index is 1360. The number of Topliss-reactive ketones (excluding diaryl/α,β-unsaturated/α-hetero) is 1. The molecule has 2 heterocycles. The van der Waals surface area contributed by atoms with E-state index < -0.39 is 6.04 Å². The number of aryl methyl sites for hydroxylation is 1. The van der Waals surface area contributed by atoms with Crippen molar-refractivity contribution in [1.82, 2.24) is 14.8 Å². The normalized spacial score (nSPS) is 22.2. The maximum absolute atomic E-state index is 14.0. The van der Waals surface area contributed by atoms with Gasteiger partial charge in [0, 0.05) is 27.7 Å². The fourth-order valence-electron chi connectivity index (χ4n) is 5.14. The molecule has 0 amide bonds. The van der Waals surface area contributed by atoms with Gasteiger partial charge in [-0.2, -0.15) is 0 Å². The van der Waals surface area contributed by atoms with Crippen molar-refractivity contribution in [1.29, 1.82) is 0 Å². The minimum absolute atomic E-state index is 0.0637. The van der Waals surface area contributed by atoms with Gasteiger partial charge in [0.2, 0.25) is 0 Å². The summed E-state index contributed by atoms with van der Waals surface area (Å²) < 4.78 is 5.62. The molecule has 5 nitrogen and oxygen atoms in total. The van der Waals surface area contributed by atoms with E-state index in [1.54, 1.807) is 6.07 Å². The number of piperazine rings is 1. The first-order valence-electron chi connectivity index (χ1n) is 11.2. The molecular weight excluding hydrogens is 505 g/mol. The third kappa shape index (κ3) is 4.28. The van der Waals surface area contributed by atoms with Crippen LogP contribution in [-0.4, -0.2) is 29.9 Å². The lowest BCUT2D eigenvalue weighted by Crippen LogP contribution is -2.67. The Balaban J connectivity index is 1.86. The molecule has 3 atom stereocenters. The van der Waals surface area contributed by atoms with Gasteiger partial charge in [-0.05, 0) is 42.8 Å². The third-order valence-electron chi connectivity index (χ3n) is 6.60. The smallest absolute Gasteiger partial charge is 0.276 e. The molecule has 1 aliphatic heterocycles. The first-order valence-corrected chi connectivity index (χ1v) is 12.4. The molecule has 1 aromatic heterocycles. The van der Waals surface area contributed by atoms with E-state index in [-0.39, 0.29) is 22.2 Å². The van der Waals surface area contributed by atoms with Crippen LogP contribution in [0.3, 0.4) is 0 Å². The van der Waals surface area contributed by atoms with E-state index in [2.05, 4.69) is 16.4 Å². The third-order valence-corrected chi connectivity index (χ3v) is 7.39. The molecule has 0 bridgehead atoms. The summed E-state index contributed by atoms with van der Waals surface area (Å²) in [7, 11) is 0. The summed E-state index contributed by atoms with van der Waals surface area (Å²) in [5, 5.41) is 5.11. The van der Waals surface area contributed by atoms with E-state index in [0.717, 1.165) is 22.5 Å². The SMILES string of the molecule is Cc1cccc([N+]2(c3ccc(Cl)cc3Cl)C(C(=O)c3ncco3)CNCC2c2ccc(Cl)cc2)c1. The van der Waals surface area contributed by atoms with Gasteiger partial charge >= 0.3 is 0 Å². The molecule has 4 aromatic rings. The second-order valence-electron chi connectivity index (χ2n) is 8.65. The van der Waals surface area contributed by atoms with Gasteiger partial charge in [-0.25, -0.2) is 9.47 Å². The van der Waals surface area contributed by atoms with Crippen LogP contribution in [0.15, 0.2) is 83.6 Å². The summed E-state index contributed by atoms with van der Waals surface area (Å²) in [6, 6.07) is 20.5. The van der Waals surface area contributed by atoms with E-state index in [9.17, 15) is 4.79 Å². The Morgan fingerprint density at radius 3 is 2.46 bits per heavy atom. The van der Waals surface area contributed by atoms with Crippen molar-refractivity contribution in [3.05, 3.63) is 111 Å². The molecule has 3 unspecified atom stereocenters. The maximum atomic E-state index is 14.0. The Labute approximate surface area is 218 Å². The number of aromatic nitrogens is 1. The molecular formula is C27H23Cl3N3O2+. The zero-order chi connectivity index (χ0) is 24.6. The van der Waals surface area contributed by atoms with Crippen LogP contribution in [-0.2, 0) is 0 Å². The second kappa shape index (κ2) is 9.76. The lowest BCUT2D eigenvalue weighted by Gasteiger charge is -2.51. The highest BCUT2D eigenvalue weighted by atomic mass is 35.5. The average molecular weight is 528 g/mol. The number of hydrogen-bond donors (Lipinski definition) is 1. The van der Waals surface area contributed by atoms with E-state index in [1.165, 1.54) is 12.5 Å². The van der Waals surface area contributed by atoms with Gasteiger partial charge in [-0.15, -0.1) is 0 Å². The standard InChI is InChI=1S/C27H23Cl3N3O2/c1-17-3-2-4-21(13-17)33(23-10-9-20(29)14-22(23)30)24(18-5-7-19(28)8-6-18)15-31-16-25(33)26(34)27-32-11-12-35-27/h2-14,24-25,31H,15-16H2,1H3/q+1. The van der Waals surface area contributed by atoms with Crippen LogP contribution in [0, 0.1) is 6.92 Å². The van der Waals surface area contributed by atoms with Crippen LogP contribution in [0.4, 0.5) is 11.4 Å². The van der Waals surface area contributed by atoms with Gasteiger partial charge in [0.15, 0.2) is 11.7 Å². The lowest BCUT2D eigenvalue weighted by molar-refractivity contribution is 0.0757. The number of quaternary nitrogens is 1. The maximum Gasteiger partial charge on any atom is 0.276 e. The number of nitrogens with zero attached hydrogens (tertiary/aromatic N) is 2. The number of carbonyl (C=O) groups excluding carboxylic acids is 1. The number of nitrogens with one attached hydrogen (secondary N) is 1. The highest BCUT2D eigenvalue weighted by Gasteiger charge is 2.56. The van der Waals surface area contributed by atoms with Crippen molar-refractivity contribution in [3.63, 3.8) is 0 Å². The van der Waals surface area contributed by atoms with Gasteiger partial charge < -0.3 is 9.73 Å². The van der Waals surface area contributed by atoms with Crippen LogP contribution in [0.1, 0.15) is 27.9 Å². The molecule has 178 valence electrons. The number of benzene rings is 3. The van der Waals surface area contributed by atoms with Crippen molar-refractivity contribution in [2.45, 2.75) is 19.0 Å². The van der Waals surface area contributed by atoms with Crippen LogP contribution in [0.25, 0.3) is 0 Å². The highest BCUT2D eigenvalue weighted by molar-refractivity contribution is 6.36. The number of oxazole rings is 1. The Kier molecular flexibility index (Phi) is 6.71. The van der Waals surface area contributed by atoms with Crippen LogP contribution in [0.2, 0.25) is 15.1 Å². The number of hydrogen-bond acceptors (Lipinski definition) is 4. The Morgan fingerprint density at radius 1 is 1.00 bits per heavy atom. The van der Waals surface area contributed by atoms with Crippen molar-refractivity contribution in [2.24, 2.45) is 0 Å². The van der Waals surface area contributed by atoms with Crippen molar-refractivity contribution in [3.8, 4) is 0 Å². The quantitative estimate of drug-likeness (QED) is 0.221. The van der Waals surface area contributed by atoms with Gasteiger partial charge in [0.25, 0.3) is 11.7 Å². The fraction of sp³-hybridized carbons (Fsp3) is 0.185. The minimum atomic E-state index is -0.622. The summed E-state index contributed by atoms with van der Waals surface area (Å²) in [6.45, 7) is 3.04. The number of ketones is 1. The zero-order valence-electron chi connectivity index (χ0n) is 18.9. The van der Waals surface area contributed by atoms with Crippen molar-refractivity contribution >= 4 is 52.0 Å². The molecule has 35 heavy (non-hydrogen) atoms. The summed E-state index contributed by atoms with van der Waals surface area (Å²) in [5.41, 5.74) is 3.79. The van der Waals surface area contributed by atoms with Gasteiger partial charge in [0.05, 0.1) is 19.3 Å². The van der Waals surface area contributed by atoms with Crippen LogP contribution < -0.4 is 9.80 Å². The second-order valence-corrected chi connectivity index (χ2v) is 9.93. The molecule has 1 fully saturated rings. The minimum Gasteiger partial charge on any atom is -0.442 e. The largest absolute Gasteiger partial charge is 0.442 e. The highest BCUT2D eigenvalue weighted by Crippen LogP contribution is 2.51. The van der Waals surface area contributed by atoms with Crippen molar-refractivity contribution in [2.75, 3.05) is 13.1 Å². The molecule has 0 aliphatic carbocycles. The average Bonchev–Trinajstić information content (AvgIpc) is 3.39. The molecule has 1 N–H and O–H groups in total. The van der Waals surface area contributed by atoms with Crippen molar-refractivity contribution < 1.29 is 9.21 Å². The van der Waals surface area contributed by atoms with Gasteiger partial charge in [-0.1, -0.05) is 59.1 Å². The first-order chi connectivity index (χ1) is 16.9. The Hall–Kier alpha value is -2.67. The van der Waals surface area contributed by atoms with E-state index in [1.807, 2.05) is 61.5 Å². The van der Waals surface area contributed by atoms with Gasteiger partial charge in [-0.3, -0.25) is 4.79 Å². The van der Waals surface area contributed by atoms with E-state index in [0.29, 0.717) is 28.2 Å². The molecule has 0 saturated carbocycles. The summed E-state index contributed by atoms with van der Waals surface area (Å²) >= 11 is 19.5. The monoisotopic (exact) mass is 526 g/mol. The van der Waals surface area contributed by atoms with Crippen LogP contribution in [0.5, 0.6) is 0 Å². The molecule has 8 heteroatoms. The topological polar surface area (TPSA) is 55.1 Å². The number of rotatable bonds is 5. The molecule has 1 aliphatic rings. The van der Waals surface area contributed by atoms with E-state index >= 15 is 0 Å². The predicted octanol–water partition coefficient (Wildman–Crippen LogP) is 7.18. The molecule has 3 aromatic carbocycles. The first kappa shape index (κ1) is 24.0. The lowest BCUT2D eigenvalue weighted by atomic mass is 9.90. The Morgan fingerprint density at radius 2 is 1.77 bits per heavy atom. The van der Waals surface area contributed by atoms with E-state index in [4.69, 9.17) is 39.2 Å². The van der Waals surface area contributed by atoms with Gasteiger partial charge in [0.1, 0.15) is 23.0 Å². The molecule has 1 saturated heterocycles. The molecule has 5 rings (SSSR count). The van der Waals surface area contributed by atoms with Crippen LogP contribution >= 0.6 is 34.8 Å². The molecule has 0 spiro atoms. The number of carbonyl (C=O) groups is 1. The molecule has 0 radical (unpaired) electrons. The zero-order valence-corrected chi connectivity index (χ0v) is 21.2. The fourth-order valence-corrected chi connectivity index (χ4v) is 5.81. The summed E-state index contributed by atoms with van der Waals surface area (Å²) in [4.78, 5) is 18.2.